The molecule has 1 saturated heterocycles. The van der Waals surface area contributed by atoms with E-state index >= 15 is 0 Å². The van der Waals surface area contributed by atoms with Crippen molar-refractivity contribution in [2.75, 3.05) is 18.1 Å². The number of sulfone groups is 1. The Kier molecular flexibility index (Phi) is 8.69. The van der Waals surface area contributed by atoms with Crippen LogP contribution in [0.1, 0.15) is 18.9 Å². The highest BCUT2D eigenvalue weighted by atomic mass is 127. The highest BCUT2D eigenvalue weighted by Crippen LogP contribution is 2.22. The summed E-state index contributed by atoms with van der Waals surface area (Å²) in [6, 6.07) is 13.2. The van der Waals surface area contributed by atoms with Crippen molar-refractivity contribution in [2.45, 2.75) is 25.9 Å². The fourth-order valence-corrected chi connectivity index (χ4v) is 4.57. The zero-order valence-corrected chi connectivity index (χ0v) is 19.2. The molecule has 0 bridgehead atoms. The van der Waals surface area contributed by atoms with Gasteiger partial charge >= 0.3 is 0 Å². The van der Waals surface area contributed by atoms with E-state index in [0.717, 1.165) is 5.56 Å². The number of guanidine groups is 1. The number of hydrogen-bond donors (Lipinski definition) is 2. The Bertz CT molecular complexity index is 919. The first kappa shape index (κ1) is 23.4. The van der Waals surface area contributed by atoms with Gasteiger partial charge in [-0.25, -0.2) is 17.8 Å². The van der Waals surface area contributed by atoms with Crippen LogP contribution < -0.4 is 15.4 Å². The molecule has 0 aliphatic carbocycles. The maximum absolute atomic E-state index is 12.9. The van der Waals surface area contributed by atoms with Gasteiger partial charge in [0.15, 0.2) is 15.8 Å². The molecule has 2 N–H and O–H groups in total. The number of benzene rings is 2. The van der Waals surface area contributed by atoms with Crippen molar-refractivity contribution < 1.29 is 17.5 Å². The molecule has 0 radical (unpaired) electrons. The normalized spacial score (nSPS) is 18.0. The van der Waals surface area contributed by atoms with Crippen LogP contribution in [0.2, 0.25) is 0 Å². The summed E-state index contributed by atoms with van der Waals surface area (Å²) in [5.41, 5.74) is 0.989. The average molecular weight is 533 g/mol. The van der Waals surface area contributed by atoms with E-state index in [-0.39, 0.29) is 47.3 Å². The molecule has 2 aromatic rings. The number of hydrogen-bond acceptors (Lipinski definition) is 4. The summed E-state index contributed by atoms with van der Waals surface area (Å²) < 4.78 is 41.8. The zero-order chi connectivity index (χ0) is 20.0. The summed E-state index contributed by atoms with van der Waals surface area (Å²) in [6.45, 7) is 3.10. The van der Waals surface area contributed by atoms with Crippen LogP contribution in [0.3, 0.4) is 0 Å². The van der Waals surface area contributed by atoms with Crippen molar-refractivity contribution in [3.05, 3.63) is 59.9 Å². The molecule has 0 saturated carbocycles. The second-order valence-corrected chi connectivity index (χ2v) is 8.87. The van der Waals surface area contributed by atoms with E-state index < -0.39 is 9.84 Å². The van der Waals surface area contributed by atoms with Gasteiger partial charge < -0.3 is 15.4 Å². The lowest BCUT2D eigenvalue weighted by Crippen LogP contribution is -2.44. The maximum atomic E-state index is 12.9. The third kappa shape index (κ3) is 7.46. The third-order valence-electron chi connectivity index (χ3n) is 4.31. The van der Waals surface area contributed by atoms with Crippen LogP contribution in [0, 0.1) is 5.82 Å². The summed E-state index contributed by atoms with van der Waals surface area (Å²) in [7, 11) is -2.94. The van der Waals surface area contributed by atoms with Crippen LogP contribution >= 0.6 is 24.0 Å². The molecule has 0 aromatic heterocycles. The Labute approximate surface area is 187 Å². The van der Waals surface area contributed by atoms with Crippen molar-refractivity contribution in [3.63, 3.8) is 0 Å². The highest BCUT2D eigenvalue weighted by molar-refractivity contribution is 14.0. The van der Waals surface area contributed by atoms with Gasteiger partial charge in [0.25, 0.3) is 0 Å². The number of nitrogens with one attached hydrogen (secondary N) is 2. The van der Waals surface area contributed by atoms with Gasteiger partial charge in [-0.2, -0.15) is 0 Å². The van der Waals surface area contributed by atoms with Gasteiger partial charge in [-0.1, -0.05) is 12.1 Å². The molecule has 1 aliphatic rings. The molecule has 6 nitrogen and oxygen atoms in total. The third-order valence-corrected chi connectivity index (χ3v) is 6.08. The summed E-state index contributed by atoms with van der Waals surface area (Å²) >= 11 is 0. The van der Waals surface area contributed by atoms with Crippen molar-refractivity contribution in [2.24, 2.45) is 4.99 Å². The first-order valence-electron chi connectivity index (χ1n) is 9.21. The standard InChI is InChI=1S/C20H24FN3O3S.HI/c1-2-22-20(24-17-11-12-28(25,26)14-17)23-13-15-3-7-18(8-4-15)27-19-9-5-16(21)6-10-19;/h3-10,17H,2,11-14H2,1H3,(H2,22,23,24);1H. The molecule has 2 aromatic carbocycles. The minimum atomic E-state index is -2.94. The number of ether oxygens (including phenoxy) is 1. The molecule has 0 amide bonds. The monoisotopic (exact) mass is 533 g/mol. The quantitative estimate of drug-likeness (QED) is 0.338. The Balaban J connectivity index is 0.00000300. The Morgan fingerprint density at radius 1 is 1.14 bits per heavy atom. The lowest BCUT2D eigenvalue weighted by molar-refractivity contribution is 0.480. The van der Waals surface area contributed by atoms with Crippen LogP contribution in [0.4, 0.5) is 4.39 Å². The van der Waals surface area contributed by atoms with Gasteiger partial charge in [-0.3, -0.25) is 0 Å². The fourth-order valence-electron chi connectivity index (χ4n) is 2.89. The SMILES string of the molecule is CCNC(=NCc1ccc(Oc2ccc(F)cc2)cc1)NC1CCS(=O)(=O)C1.I. The second-order valence-electron chi connectivity index (χ2n) is 6.64. The summed E-state index contributed by atoms with van der Waals surface area (Å²) in [5, 5.41) is 6.34. The Hall–Kier alpha value is -1.88. The molecule has 1 heterocycles. The van der Waals surface area contributed by atoms with Gasteiger partial charge in [-0.05, 0) is 55.3 Å². The van der Waals surface area contributed by atoms with Crippen LogP contribution in [0.25, 0.3) is 0 Å². The molecule has 0 spiro atoms. The van der Waals surface area contributed by atoms with E-state index in [1.807, 2.05) is 31.2 Å². The fraction of sp³-hybridized carbons (Fsp3) is 0.350. The smallest absolute Gasteiger partial charge is 0.191 e. The summed E-state index contributed by atoms with van der Waals surface area (Å²) in [4.78, 5) is 4.54. The van der Waals surface area contributed by atoms with E-state index in [0.29, 0.717) is 37.0 Å². The van der Waals surface area contributed by atoms with Gasteiger partial charge in [0.05, 0.1) is 18.1 Å². The number of nitrogens with zero attached hydrogens (tertiary/aromatic N) is 1. The number of aliphatic imine (C=N–C) groups is 1. The minimum absolute atomic E-state index is 0. The van der Waals surface area contributed by atoms with E-state index in [1.54, 1.807) is 12.1 Å². The van der Waals surface area contributed by atoms with Gasteiger partial charge in [-0.15, -0.1) is 24.0 Å². The van der Waals surface area contributed by atoms with Gasteiger partial charge in [0, 0.05) is 12.6 Å². The van der Waals surface area contributed by atoms with E-state index in [2.05, 4.69) is 15.6 Å². The second kappa shape index (κ2) is 10.8. The van der Waals surface area contributed by atoms with Crippen molar-refractivity contribution in [3.8, 4) is 11.5 Å². The van der Waals surface area contributed by atoms with E-state index in [4.69, 9.17) is 4.74 Å². The Morgan fingerprint density at radius 2 is 1.76 bits per heavy atom. The lowest BCUT2D eigenvalue weighted by Gasteiger charge is -2.15. The predicted octanol–water partition coefficient (Wildman–Crippen LogP) is 3.48. The summed E-state index contributed by atoms with van der Waals surface area (Å²) in [5.74, 6) is 1.89. The molecule has 9 heteroatoms. The number of halogens is 2. The molecular formula is C20H25FIN3O3S. The van der Waals surface area contributed by atoms with Crippen molar-refractivity contribution in [1.82, 2.24) is 10.6 Å². The average Bonchev–Trinajstić information content (AvgIpc) is 3.01. The van der Waals surface area contributed by atoms with Crippen LogP contribution in [0.5, 0.6) is 11.5 Å². The van der Waals surface area contributed by atoms with E-state index in [1.165, 1.54) is 12.1 Å². The highest BCUT2D eigenvalue weighted by Gasteiger charge is 2.28. The van der Waals surface area contributed by atoms with Crippen LogP contribution in [0.15, 0.2) is 53.5 Å². The first-order valence-corrected chi connectivity index (χ1v) is 11.0. The van der Waals surface area contributed by atoms with E-state index in [9.17, 15) is 12.8 Å². The molecule has 1 aliphatic heterocycles. The molecular weight excluding hydrogens is 508 g/mol. The lowest BCUT2D eigenvalue weighted by atomic mass is 10.2. The van der Waals surface area contributed by atoms with Gasteiger partial charge in [0.2, 0.25) is 0 Å². The van der Waals surface area contributed by atoms with Crippen molar-refractivity contribution >= 4 is 39.8 Å². The molecule has 158 valence electrons. The molecule has 1 atom stereocenters. The van der Waals surface area contributed by atoms with Crippen molar-refractivity contribution in [1.29, 1.82) is 0 Å². The first-order chi connectivity index (χ1) is 13.4. The predicted molar refractivity (Wildman–Crippen MR) is 123 cm³/mol. The largest absolute Gasteiger partial charge is 0.457 e. The molecule has 3 rings (SSSR count). The van der Waals surface area contributed by atoms with Crippen LogP contribution in [-0.2, 0) is 16.4 Å². The molecule has 1 unspecified atom stereocenters. The Morgan fingerprint density at radius 3 is 2.31 bits per heavy atom. The maximum Gasteiger partial charge on any atom is 0.191 e. The zero-order valence-electron chi connectivity index (χ0n) is 16.1. The topological polar surface area (TPSA) is 79.8 Å². The number of rotatable bonds is 6. The summed E-state index contributed by atoms with van der Waals surface area (Å²) in [6.07, 6.45) is 0.599. The van der Waals surface area contributed by atoms with Crippen LogP contribution in [-0.4, -0.2) is 38.5 Å². The minimum Gasteiger partial charge on any atom is -0.457 e. The molecule has 1 fully saturated rings. The molecule has 29 heavy (non-hydrogen) atoms. The van der Waals surface area contributed by atoms with Gasteiger partial charge in [0.1, 0.15) is 17.3 Å².